The highest BCUT2D eigenvalue weighted by Gasteiger charge is 2.15. The van der Waals surface area contributed by atoms with Gasteiger partial charge in [0.25, 0.3) is 10.0 Å². The topological polar surface area (TPSA) is 72.0 Å². The van der Waals surface area contributed by atoms with Gasteiger partial charge in [-0.3, -0.25) is 4.98 Å². The lowest BCUT2D eigenvalue weighted by atomic mass is 10.3. The molecule has 0 amide bonds. The number of fused-ring (bicyclic) bond motifs is 1. The number of benzene rings is 1. The van der Waals surface area contributed by atoms with Gasteiger partial charge in [-0.1, -0.05) is 12.1 Å². The Bertz CT molecular complexity index is 600. The van der Waals surface area contributed by atoms with Gasteiger partial charge in [0.15, 0.2) is 5.03 Å². The number of nitrogens with zero attached hydrogens (tertiary/aromatic N) is 2. The molecule has 1 heterocycles. The van der Waals surface area contributed by atoms with Crippen molar-refractivity contribution in [3.05, 3.63) is 30.5 Å². The lowest BCUT2D eigenvalue weighted by Gasteiger charge is -2.00. The highest BCUT2D eigenvalue weighted by atomic mass is 35.5. The van der Waals surface area contributed by atoms with Gasteiger partial charge in [0.05, 0.1) is 17.2 Å². The summed E-state index contributed by atoms with van der Waals surface area (Å²) in [5.41, 5.74) is 1.14. The van der Waals surface area contributed by atoms with Crippen molar-refractivity contribution in [2.24, 2.45) is 0 Å². The minimum atomic E-state index is -3.75. The molecule has 0 spiro atoms. The van der Waals surface area contributed by atoms with E-state index >= 15 is 0 Å². The second-order valence-electron chi connectivity index (χ2n) is 2.78. The molecule has 1 N–H and O–H groups in total. The van der Waals surface area contributed by atoms with Crippen molar-refractivity contribution >= 4 is 32.8 Å². The summed E-state index contributed by atoms with van der Waals surface area (Å²) in [7, 11) is -3.75. The molecule has 15 heavy (non-hydrogen) atoms. The first-order chi connectivity index (χ1) is 7.13. The Morgan fingerprint density at radius 2 is 1.87 bits per heavy atom. The largest absolute Gasteiger partial charge is 0.272 e. The number of rotatable bonds is 2. The molecule has 7 heteroatoms. The first-order valence-electron chi connectivity index (χ1n) is 3.98. The summed E-state index contributed by atoms with van der Waals surface area (Å²) < 4.78 is 24.3. The minimum absolute atomic E-state index is 0.198. The highest BCUT2D eigenvalue weighted by Crippen LogP contribution is 2.11. The van der Waals surface area contributed by atoms with Crippen LogP contribution >= 0.6 is 11.8 Å². The number of halogens is 1. The van der Waals surface area contributed by atoms with Crippen molar-refractivity contribution in [2.45, 2.75) is 5.03 Å². The van der Waals surface area contributed by atoms with E-state index in [2.05, 4.69) is 9.97 Å². The molecule has 2 rings (SSSR count). The Kier molecular flexibility index (Phi) is 2.56. The molecule has 0 aliphatic heterocycles. The maximum absolute atomic E-state index is 11.3. The van der Waals surface area contributed by atoms with Crippen LogP contribution in [-0.4, -0.2) is 18.4 Å². The molecule has 0 unspecified atom stereocenters. The minimum Gasteiger partial charge on any atom is -0.252 e. The van der Waals surface area contributed by atoms with Crippen LogP contribution in [-0.2, 0) is 10.0 Å². The van der Waals surface area contributed by atoms with Gasteiger partial charge in [-0.25, -0.2) is 13.4 Å². The number of para-hydroxylation sites is 2. The molecule has 1 aromatic heterocycles. The van der Waals surface area contributed by atoms with E-state index < -0.39 is 10.0 Å². The Morgan fingerprint density at radius 3 is 2.53 bits per heavy atom. The fraction of sp³-hybridized carbons (Fsp3) is 0. The number of nitrogens with one attached hydrogen (secondary N) is 1. The second-order valence-corrected chi connectivity index (χ2v) is 4.82. The van der Waals surface area contributed by atoms with Gasteiger partial charge in [-0.05, 0) is 23.9 Å². The summed E-state index contributed by atoms with van der Waals surface area (Å²) in [5.74, 6) is 0. The van der Waals surface area contributed by atoms with Crippen LogP contribution in [0.5, 0.6) is 0 Å². The van der Waals surface area contributed by atoms with Gasteiger partial charge in [0, 0.05) is 0 Å². The summed E-state index contributed by atoms with van der Waals surface area (Å²) >= 11 is 5.07. The zero-order valence-electron chi connectivity index (χ0n) is 7.38. The third kappa shape index (κ3) is 1.92. The van der Waals surface area contributed by atoms with Crippen LogP contribution in [0.4, 0.5) is 0 Å². The molecule has 0 saturated carbocycles. The third-order valence-electron chi connectivity index (χ3n) is 1.80. The Morgan fingerprint density at radius 1 is 1.20 bits per heavy atom. The van der Waals surface area contributed by atoms with E-state index in [4.69, 9.17) is 11.8 Å². The second kappa shape index (κ2) is 3.73. The van der Waals surface area contributed by atoms with Crippen molar-refractivity contribution in [2.75, 3.05) is 0 Å². The Balaban J connectivity index is 2.67. The molecule has 2 aromatic rings. The van der Waals surface area contributed by atoms with Crippen molar-refractivity contribution in [1.82, 2.24) is 14.2 Å². The van der Waals surface area contributed by atoms with E-state index in [0.29, 0.717) is 11.0 Å². The van der Waals surface area contributed by atoms with E-state index in [9.17, 15) is 8.42 Å². The summed E-state index contributed by atoms with van der Waals surface area (Å²) in [4.78, 5) is 7.88. The standard InChI is InChI=1S/C8H6ClN3O2S/c9-12-15(13,14)8-5-10-6-3-1-2-4-7(6)11-8/h1-5,12H. The van der Waals surface area contributed by atoms with Crippen molar-refractivity contribution in [1.29, 1.82) is 0 Å². The maximum Gasteiger partial charge on any atom is 0.272 e. The molecule has 0 saturated heterocycles. The SMILES string of the molecule is O=S(=O)(NCl)c1cnc2ccccc2n1. The number of hydrogen-bond donors (Lipinski definition) is 1. The predicted molar refractivity (Wildman–Crippen MR) is 55.7 cm³/mol. The summed E-state index contributed by atoms with van der Waals surface area (Å²) in [6.07, 6.45) is 1.16. The van der Waals surface area contributed by atoms with Crippen LogP contribution in [0.25, 0.3) is 11.0 Å². The molecular weight excluding hydrogens is 238 g/mol. The summed E-state index contributed by atoms with van der Waals surface area (Å²) in [5, 5.41) is -0.198. The molecule has 0 bridgehead atoms. The van der Waals surface area contributed by atoms with Crippen LogP contribution in [0, 0.1) is 0 Å². The molecule has 5 nitrogen and oxygen atoms in total. The monoisotopic (exact) mass is 243 g/mol. The fourth-order valence-electron chi connectivity index (χ4n) is 1.11. The van der Waals surface area contributed by atoms with Gasteiger partial charge < -0.3 is 0 Å². The van der Waals surface area contributed by atoms with Crippen LogP contribution in [0.15, 0.2) is 35.5 Å². The third-order valence-corrected chi connectivity index (χ3v) is 3.36. The summed E-state index contributed by atoms with van der Waals surface area (Å²) in [6.45, 7) is 0. The fourth-order valence-corrected chi connectivity index (χ4v) is 1.84. The van der Waals surface area contributed by atoms with E-state index in [1.54, 1.807) is 28.5 Å². The van der Waals surface area contributed by atoms with Crippen molar-refractivity contribution in [3.8, 4) is 0 Å². The van der Waals surface area contributed by atoms with E-state index in [1.807, 2.05) is 0 Å². The van der Waals surface area contributed by atoms with Crippen molar-refractivity contribution in [3.63, 3.8) is 0 Å². The number of sulfonamides is 1. The molecular formula is C8H6ClN3O2S. The van der Waals surface area contributed by atoms with E-state index in [0.717, 1.165) is 6.20 Å². The van der Waals surface area contributed by atoms with Crippen LogP contribution in [0.3, 0.4) is 0 Å². The van der Waals surface area contributed by atoms with Crippen LogP contribution < -0.4 is 4.24 Å². The first kappa shape index (κ1) is 10.3. The number of aromatic nitrogens is 2. The predicted octanol–water partition coefficient (Wildman–Crippen LogP) is 1.06. The molecule has 0 aliphatic rings. The Hall–Kier alpha value is -1.24. The zero-order chi connectivity index (χ0) is 10.9. The first-order valence-corrected chi connectivity index (χ1v) is 5.84. The molecule has 0 radical (unpaired) electrons. The van der Waals surface area contributed by atoms with Crippen LogP contribution in [0.1, 0.15) is 0 Å². The van der Waals surface area contributed by atoms with Gasteiger partial charge in [0.2, 0.25) is 0 Å². The average Bonchev–Trinajstić information content (AvgIpc) is 2.28. The molecule has 0 atom stereocenters. The van der Waals surface area contributed by atoms with E-state index in [-0.39, 0.29) is 5.03 Å². The molecule has 1 aromatic carbocycles. The normalized spacial score (nSPS) is 11.8. The van der Waals surface area contributed by atoms with Crippen LogP contribution in [0.2, 0.25) is 0 Å². The molecule has 0 fully saturated rings. The van der Waals surface area contributed by atoms with Gasteiger partial charge in [-0.2, -0.15) is 0 Å². The molecule has 78 valence electrons. The summed E-state index contributed by atoms with van der Waals surface area (Å²) in [6, 6.07) is 6.97. The average molecular weight is 244 g/mol. The zero-order valence-corrected chi connectivity index (χ0v) is 8.96. The Labute approximate surface area is 91.3 Å². The van der Waals surface area contributed by atoms with E-state index in [1.165, 1.54) is 0 Å². The highest BCUT2D eigenvalue weighted by molar-refractivity contribution is 7.90. The molecule has 0 aliphatic carbocycles. The lowest BCUT2D eigenvalue weighted by Crippen LogP contribution is -2.15. The van der Waals surface area contributed by atoms with Gasteiger partial charge in [-0.15, -0.1) is 4.24 Å². The quantitative estimate of drug-likeness (QED) is 0.801. The number of hydrogen-bond acceptors (Lipinski definition) is 4. The van der Waals surface area contributed by atoms with Crippen molar-refractivity contribution < 1.29 is 8.42 Å². The maximum atomic E-state index is 11.3. The van der Waals surface area contributed by atoms with Gasteiger partial charge in [0.1, 0.15) is 0 Å². The lowest BCUT2D eigenvalue weighted by molar-refractivity contribution is 0.590. The van der Waals surface area contributed by atoms with Gasteiger partial charge >= 0.3 is 0 Å². The smallest absolute Gasteiger partial charge is 0.252 e.